The lowest BCUT2D eigenvalue weighted by Gasteiger charge is -2.23. The Kier molecular flexibility index (Phi) is 11.4. The largest absolute Gasteiger partial charge is 0.481 e. The molecule has 1 fully saturated rings. The van der Waals surface area contributed by atoms with Crippen molar-refractivity contribution in [3.05, 3.63) is 70.8 Å². The number of aliphatic carboxylic acids is 4. The van der Waals surface area contributed by atoms with E-state index in [1.165, 1.54) is 0 Å². The number of Topliss-reactive ketones (excluding diaryl/α,β-unsaturated/α-hetero) is 1. The van der Waals surface area contributed by atoms with Crippen molar-refractivity contribution in [3.63, 3.8) is 0 Å². The van der Waals surface area contributed by atoms with Crippen molar-refractivity contribution in [2.45, 2.75) is 38.5 Å². The van der Waals surface area contributed by atoms with Crippen LogP contribution in [0.4, 0.5) is 11.4 Å². The number of carbonyl (C=O) groups is 5. The average molecular weight is 579 g/mol. The molecule has 0 aromatic heterocycles. The van der Waals surface area contributed by atoms with Gasteiger partial charge in [-0.3, -0.25) is 24.0 Å². The van der Waals surface area contributed by atoms with Gasteiger partial charge >= 0.3 is 23.9 Å². The molecule has 0 saturated heterocycles. The Morgan fingerprint density at radius 2 is 0.833 bits per heavy atom. The van der Waals surface area contributed by atoms with E-state index in [2.05, 4.69) is 0 Å². The van der Waals surface area contributed by atoms with Gasteiger partial charge < -0.3 is 30.2 Å². The maximum atomic E-state index is 13.1. The number of hydrogen-bond donors (Lipinski definition) is 4. The van der Waals surface area contributed by atoms with Gasteiger partial charge in [0.15, 0.2) is 5.78 Å². The third-order valence-electron chi connectivity index (χ3n) is 6.83. The van der Waals surface area contributed by atoms with E-state index in [1.54, 1.807) is 34.1 Å². The number of rotatable bonds is 16. The molecule has 11 heteroatoms. The van der Waals surface area contributed by atoms with E-state index >= 15 is 0 Å². The van der Waals surface area contributed by atoms with Crippen molar-refractivity contribution in [2.75, 3.05) is 36.0 Å². The summed E-state index contributed by atoms with van der Waals surface area (Å²) in [5.74, 6) is -3.93. The van der Waals surface area contributed by atoms with Crippen LogP contribution in [-0.2, 0) is 24.0 Å². The molecule has 0 amide bonds. The number of carboxylic acid groups (broad SMARTS) is 4. The molecule has 0 atom stereocenters. The van der Waals surface area contributed by atoms with Gasteiger partial charge in [0.2, 0.25) is 0 Å². The molecule has 222 valence electrons. The van der Waals surface area contributed by atoms with E-state index in [0.29, 0.717) is 35.4 Å². The summed E-state index contributed by atoms with van der Waals surface area (Å²) in [7, 11) is 0. The normalized spacial score (nSPS) is 14.7. The minimum atomic E-state index is -0.968. The van der Waals surface area contributed by atoms with Crippen LogP contribution in [0.2, 0.25) is 0 Å². The van der Waals surface area contributed by atoms with Crippen LogP contribution < -0.4 is 9.80 Å². The minimum Gasteiger partial charge on any atom is -0.481 e. The molecule has 0 spiro atoms. The SMILES string of the molecule is O=C(O)CCN(CCC(=O)O)c1ccc(/C=C2\CC/C(=C\c3ccc(N(CCC(=O)O)CCC(=O)O)cc3)C2=O)cc1. The molecule has 1 aliphatic rings. The van der Waals surface area contributed by atoms with E-state index in [4.69, 9.17) is 20.4 Å². The van der Waals surface area contributed by atoms with Crippen molar-refractivity contribution in [3.8, 4) is 0 Å². The molecule has 3 rings (SSSR count). The fourth-order valence-corrected chi connectivity index (χ4v) is 4.61. The topological polar surface area (TPSA) is 173 Å². The predicted octanol–water partition coefficient (Wildman–Crippen LogP) is 4.03. The summed E-state index contributed by atoms with van der Waals surface area (Å²) in [4.78, 5) is 60.5. The molecular formula is C31H34N2O9. The molecule has 42 heavy (non-hydrogen) atoms. The number of anilines is 2. The lowest BCUT2D eigenvalue weighted by molar-refractivity contribution is -0.138. The second-order valence-electron chi connectivity index (χ2n) is 9.90. The van der Waals surface area contributed by atoms with Crippen LogP contribution in [0.1, 0.15) is 49.7 Å². The Morgan fingerprint density at radius 3 is 1.10 bits per heavy atom. The third kappa shape index (κ3) is 9.92. The van der Waals surface area contributed by atoms with Crippen molar-refractivity contribution in [1.29, 1.82) is 0 Å². The molecular weight excluding hydrogens is 544 g/mol. The summed E-state index contributed by atoms with van der Waals surface area (Å²) < 4.78 is 0. The molecule has 4 N–H and O–H groups in total. The molecule has 11 nitrogen and oxygen atoms in total. The quantitative estimate of drug-likeness (QED) is 0.212. The Hall–Kier alpha value is -4.93. The maximum absolute atomic E-state index is 13.1. The highest BCUT2D eigenvalue weighted by molar-refractivity contribution is 6.15. The van der Waals surface area contributed by atoms with E-state index in [-0.39, 0.29) is 57.6 Å². The fraction of sp³-hybridized carbons (Fsp3) is 0.323. The second kappa shape index (κ2) is 15.2. The zero-order valence-electron chi connectivity index (χ0n) is 23.1. The number of allylic oxidation sites excluding steroid dienone is 2. The van der Waals surface area contributed by atoms with Crippen molar-refractivity contribution >= 4 is 53.2 Å². The predicted molar refractivity (Wildman–Crippen MR) is 157 cm³/mol. The van der Waals surface area contributed by atoms with Crippen LogP contribution in [0, 0.1) is 0 Å². The highest BCUT2D eigenvalue weighted by atomic mass is 16.4. The lowest BCUT2D eigenvalue weighted by Crippen LogP contribution is -2.28. The van der Waals surface area contributed by atoms with Crippen LogP contribution in [-0.4, -0.2) is 76.3 Å². The second-order valence-corrected chi connectivity index (χ2v) is 9.90. The summed E-state index contributed by atoms with van der Waals surface area (Å²) in [5.41, 5.74) is 4.32. The van der Waals surface area contributed by atoms with Gasteiger partial charge in [0.25, 0.3) is 0 Å². The molecule has 1 aliphatic carbocycles. The van der Waals surface area contributed by atoms with E-state index < -0.39 is 23.9 Å². The van der Waals surface area contributed by atoms with E-state index in [1.807, 2.05) is 36.4 Å². The summed E-state index contributed by atoms with van der Waals surface area (Å²) in [5, 5.41) is 36.0. The Bertz CT molecular complexity index is 1220. The van der Waals surface area contributed by atoms with Gasteiger partial charge in [0.05, 0.1) is 25.7 Å². The molecule has 2 aromatic carbocycles. The zero-order valence-corrected chi connectivity index (χ0v) is 23.1. The monoisotopic (exact) mass is 578 g/mol. The van der Waals surface area contributed by atoms with Crippen LogP contribution >= 0.6 is 0 Å². The van der Waals surface area contributed by atoms with Gasteiger partial charge in [0, 0.05) is 48.7 Å². The molecule has 1 saturated carbocycles. The molecule has 0 heterocycles. The minimum absolute atomic E-state index is 0.0581. The molecule has 0 radical (unpaired) electrons. The summed E-state index contributed by atoms with van der Waals surface area (Å²) in [6.45, 7) is 0.720. The highest BCUT2D eigenvalue weighted by Crippen LogP contribution is 2.30. The summed E-state index contributed by atoms with van der Waals surface area (Å²) in [6, 6.07) is 14.4. The maximum Gasteiger partial charge on any atom is 0.305 e. The smallest absolute Gasteiger partial charge is 0.305 e. The Balaban J connectivity index is 1.69. The van der Waals surface area contributed by atoms with Gasteiger partial charge in [-0.15, -0.1) is 0 Å². The van der Waals surface area contributed by atoms with Gasteiger partial charge in [-0.2, -0.15) is 0 Å². The molecule has 0 aliphatic heterocycles. The van der Waals surface area contributed by atoms with Crippen molar-refractivity contribution in [2.24, 2.45) is 0 Å². The van der Waals surface area contributed by atoms with Gasteiger partial charge in [-0.1, -0.05) is 24.3 Å². The Labute approximate surface area is 243 Å². The number of carboxylic acids is 4. The van der Waals surface area contributed by atoms with Gasteiger partial charge in [0.1, 0.15) is 0 Å². The average Bonchev–Trinajstić information content (AvgIpc) is 3.27. The molecule has 0 unspecified atom stereocenters. The lowest BCUT2D eigenvalue weighted by atomic mass is 10.1. The first-order chi connectivity index (χ1) is 20.0. The summed E-state index contributed by atoms with van der Waals surface area (Å²) >= 11 is 0. The summed E-state index contributed by atoms with van der Waals surface area (Å²) in [6.07, 6.45) is 4.31. The van der Waals surface area contributed by atoms with Crippen LogP contribution in [0.3, 0.4) is 0 Å². The highest BCUT2D eigenvalue weighted by Gasteiger charge is 2.23. The number of benzene rings is 2. The van der Waals surface area contributed by atoms with Crippen molar-refractivity contribution < 1.29 is 44.4 Å². The molecule has 2 aromatic rings. The van der Waals surface area contributed by atoms with Gasteiger partial charge in [-0.05, 0) is 60.4 Å². The van der Waals surface area contributed by atoms with E-state index in [0.717, 1.165) is 11.1 Å². The fourth-order valence-electron chi connectivity index (χ4n) is 4.61. The number of carbonyl (C=O) groups excluding carboxylic acids is 1. The van der Waals surface area contributed by atoms with Crippen LogP contribution in [0.5, 0.6) is 0 Å². The van der Waals surface area contributed by atoms with Crippen molar-refractivity contribution in [1.82, 2.24) is 0 Å². The zero-order chi connectivity index (χ0) is 30.6. The number of ketones is 1. The number of nitrogens with zero attached hydrogens (tertiary/aromatic N) is 2. The first-order valence-corrected chi connectivity index (χ1v) is 13.5. The first-order valence-electron chi connectivity index (χ1n) is 13.5. The Morgan fingerprint density at radius 1 is 0.548 bits per heavy atom. The molecule has 0 bridgehead atoms. The standard InChI is InChI=1S/C31H34N2O9/c34-27(35)11-15-32(16-12-28(36)37)25-7-1-21(2-8-25)19-23-5-6-24(31(23)42)20-22-3-9-26(10-4-22)33(17-13-29(38)39)18-14-30(40)41/h1-4,7-10,19-20H,5-6,11-18H2,(H,34,35)(H,36,37)(H,38,39)(H,40,41)/b23-19+,24-20+. The van der Waals surface area contributed by atoms with Crippen LogP contribution in [0.25, 0.3) is 12.2 Å². The van der Waals surface area contributed by atoms with E-state index in [9.17, 15) is 24.0 Å². The first kappa shape index (κ1) is 31.6. The number of hydrogen-bond acceptors (Lipinski definition) is 7. The van der Waals surface area contributed by atoms with Crippen LogP contribution in [0.15, 0.2) is 59.7 Å². The van der Waals surface area contributed by atoms with Gasteiger partial charge in [-0.25, -0.2) is 0 Å². The third-order valence-corrected chi connectivity index (χ3v) is 6.83.